The Morgan fingerprint density at radius 3 is 2.80 bits per heavy atom. The Hall–Kier alpha value is -1.87. The number of fused-ring (bicyclic) bond motifs is 1. The quantitative estimate of drug-likeness (QED) is 0.905. The van der Waals surface area contributed by atoms with Crippen LogP contribution < -0.4 is 5.32 Å². The average Bonchev–Trinajstić information content (AvgIpc) is 2.76. The lowest BCUT2D eigenvalue weighted by molar-refractivity contribution is -0.130. The van der Waals surface area contributed by atoms with Crippen LogP contribution in [0.3, 0.4) is 0 Å². The molecule has 20 heavy (non-hydrogen) atoms. The third-order valence-corrected chi connectivity index (χ3v) is 3.86. The molecular formula is C17H20N2O. The summed E-state index contributed by atoms with van der Waals surface area (Å²) in [4.78, 5) is 14.3. The molecular weight excluding hydrogens is 248 g/mol. The molecule has 1 fully saturated rings. The minimum Gasteiger partial charge on any atom is -0.341 e. The fourth-order valence-electron chi connectivity index (χ4n) is 2.73. The summed E-state index contributed by atoms with van der Waals surface area (Å²) in [6.45, 7) is 3.62. The molecule has 3 nitrogen and oxygen atoms in total. The smallest absolute Gasteiger partial charge is 0.227 e. The first-order valence-electron chi connectivity index (χ1n) is 7.29. The van der Waals surface area contributed by atoms with Crippen molar-refractivity contribution < 1.29 is 4.79 Å². The van der Waals surface area contributed by atoms with Crippen LogP contribution in [0.4, 0.5) is 0 Å². The first kappa shape index (κ1) is 13.1. The van der Waals surface area contributed by atoms with Crippen molar-refractivity contribution in [2.24, 2.45) is 0 Å². The van der Waals surface area contributed by atoms with Crippen LogP contribution in [0.2, 0.25) is 0 Å². The van der Waals surface area contributed by atoms with Gasteiger partial charge in [-0.2, -0.15) is 0 Å². The maximum Gasteiger partial charge on any atom is 0.227 e. The van der Waals surface area contributed by atoms with Crippen molar-refractivity contribution in [3.63, 3.8) is 0 Å². The standard InChI is InChI=1S/C17H20N2O/c20-17(19-10-3-8-18-9-11-19)13-14-6-7-15-4-1-2-5-16(15)12-14/h1-2,4-7,12,18H,3,8-11,13H2. The van der Waals surface area contributed by atoms with E-state index >= 15 is 0 Å². The predicted molar refractivity (Wildman–Crippen MR) is 81.7 cm³/mol. The normalized spacial score (nSPS) is 16.1. The molecule has 3 heteroatoms. The molecule has 104 valence electrons. The molecule has 2 aromatic carbocycles. The molecule has 1 amide bonds. The fourth-order valence-corrected chi connectivity index (χ4v) is 2.73. The van der Waals surface area contributed by atoms with E-state index in [2.05, 4.69) is 35.6 Å². The number of amides is 1. The molecule has 1 aliphatic heterocycles. The van der Waals surface area contributed by atoms with Gasteiger partial charge in [0.25, 0.3) is 0 Å². The van der Waals surface area contributed by atoms with Crippen molar-refractivity contribution in [3.05, 3.63) is 48.0 Å². The number of nitrogens with one attached hydrogen (secondary N) is 1. The number of carbonyl (C=O) groups is 1. The Morgan fingerprint density at radius 1 is 1.05 bits per heavy atom. The molecule has 1 N–H and O–H groups in total. The van der Waals surface area contributed by atoms with Gasteiger partial charge in [-0.1, -0.05) is 42.5 Å². The summed E-state index contributed by atoms with van der Waals surface area (Å²) < 4.78 is 0. The topological polar surface area (TPSA) is 32.3 Å². The van der Waals surface area contributed by atoms with E-state index in [9.17, 15) is 4.79 Å². The third kappa shape index (κ3) is 2.99. The van der Waals surface area contributed by atoms with Gasteiger partial charge in [-0.25, -0.2) is 0 Å². The average molecular weight is 268 g/mol. The highest BCUT2D eigenvalue weighted by Gasteiger charge is 2.15. The summed E-state index contributed by atoms with van der Waals surface area (Å²) >= 11 is 0. The van der Waals surface area contributed by atoms with Crippen molar-refractivity contribution in [1.82, 2.24) is 10.2 Å². The van der Waals surface area contributed by atoms with Crippen molar-refractivity contribution in [2.75, 3.05) is 26.2 Å². The minimum atomic E-state index is 0.240. The van der Waals surface area contributed by atoms with Crippen LogP contribution in [0.25, 0.3) is 10.8 Å². The zero-order valence-electron chi connectivity index (χ0n) is 11.6. The lowest BCUT2D eigenvalue weighted by atomic mass is 10.0. The van der Waals surface area contributed by atoms with Crippen LogP contribution in [0.15, 0.2) is 42.5 Å². The molecule has 2 aromatic rings. The molecule has 0 bridgehead atoms. The first-order valence-corrected chi connectivity index (χ1v) is 7.29. The Balaban J connectivity index is 1.73. The molecule has 0 saturated carbocycles. The second-order valence-electron chi connectivity index (χ2n) is 5.34. The Labute approximate surface area is 119 Å². The van der Waals surface area contributed by atoms with E-state index in [-0.39, 0.29) is 5.91 Å². The summed E-state index contributed by atoms with van der Waals surface area (Å²) in [6.07, 6.45) is 1.55. The Bertz CT molecular complexity index is 601. The maximum absolute atomic E-state index is 12.4. The molecule has 1 saturated heterocycles. The summed E-state index contributed by atoms with van der Waals surface area (Å²) in [7, 11) is 0. The highest BCUT2D eigenvalue weighted by Crippen LogP contribution is 2.16. The second-order valence-corrected chi connectivity index (χ2v) is 5.34. The van der Waals surface area contributed by atoms with E-state index in [0.717, 1.165) is 38.2 Å². The summed E-state index contributed by atoms with van der Waals surface area (Å²) in [5.74, 6) is 0.240. The molecule has 0 atom stereocenters. The molecule has 0 radical (unpaired) electrons. The third-order valence-electron chi connectivity index (χ3n) is 3.86. The van der Waals surface area contributed by atoms with Crippen LogP contribution in [-0.2, 0) is 11.2 Å². The number of benzene rings is 2. The van der Waals surface area contributed by atoms with E-state index in [4.69, 9.17) is 0 Å². The summed E-state index contributed by atoms with van der Waals surface area (Å²) in [5.41, 5.74) is 1.10. The van der Waals surface area contributed by atoms with E-state index in [0.29, 0.717) is 6.42 Å². The molecule has 0 spiro atoms. The lowest BCUT2D eigenvalue weighted by Crippen LogP contribution is -2.35. The molecule has 1 aliphatic rings. The van der Waals surface area contributed by atoms with Gasteiger partial charge in [0.05, 0.1) is 6.42 Å². The fraction of sp³-hybridized carbons (Fsp3) is 0.353. The number of nitrogens with zero attached hydrogens (tertiary/aromatic N) is 1. The van der Waals surface area contributed by atoms with Gasteiger partial charge in [0.1, 0.15) is 0 Å². The monoisotopic (exact) mass is 268 g/mol. The van der Waals surface area contributed by atoms with Crippen LogP contribution in [-0.4, -0.2) is 37.0 Å². The van der Waals surface area contributed by atoms with Gasteiger partial charge >= 0.3 is 0 Å². The summed E-state index contributed by atoms with van der Waals surface area (Å²) in [5, 5.41) is 5.75. The largest absolute Gasteiger partial charge is 0.341 e. The van der Waals surface area contributed by atoms with Crippen molar-refractivity contribution in [2.45, 2.75) is 12.8 Å². The lowest BCUT2D eigenvalue weighted by Gasteiger charge is -2.20. The van der Waals surface area contributed by atoms with Crippen molar-refractivity contribution in [1.29, 1.82) is 0 Å². The highest BCUT2D eigenvalue weighted by molar-refractivity contribution is 5.85. The molecule has 0 unspecified atom stereocenters. The van der Waals surface area contributed by atoms with Crippen LogP contribution in [0.5, 0.6) is 0 Å². The molecule has 3 rings (SSSR count). The minimum absolute atomic E-state index is 0.240. The molecule has 0 aromatic heterocycles. The number of hydrogen-bond donors (Lipinski definition) is 1. The van der Waals surface area contributed by atoms with Gasteiger partial charge < -0.3 is 10.2 Å². The number of carbonyl (C=O) groups excluding carboxylic acids is 1. The van der Waals surface area contributed by atoms with Crippen LogP contribution in [0, 0.1) is 0 Å². The van der Waals surface area contributed by atoms with Gasteiger partial charge in [0.15, 0.2) is 0 Å². The van der Waals surface area contributed by atoms with Crippen molar-refractivity contribution in [3.8, 4) is 0 Å². The summed E-state index contributed by atoms with van der Waals surface area (Å²) in [6, 6.07) is 14.6. The number of rotatable bonds is 2. The van der Waals surface area contributed by atoms with Gasteiger partial charge in [-0.05, 0) is 29.3 Å². The van der Waals surface area contributed by atoms with E-state index < -0.39 is 0 Å². The van der Waals surface area contributed by atoms with Gasteiger partial charge in [-0.15, -0.1) is 0 Å². The Kier molecular flexibility index (Phi) is 3.97. The second kappa shape index (κ2) is 6.06. The zero-order chi connectivity index (χ0) is 13.8. The van der Waals surface area contributed by atoms with E-state index in [1.54, 1.807) is 0 Å². The van der Waals surface area contributed by atoms with Crippen LogP contribution in [0.1, 0.15) is 12.0 Å². The highest BCUT2D eigenvalue weighted by atomic mass is 16.2. The van der Waals surface area contributed by atoms with Gasteiger partial charge in [-0.3, -0.25) is 4.79 Å². The molecule has 1 heterocycles. The Morgan fingerprint density at radius 2 is 1.90 bits per heavy atom. The van der Waals surface area contributed by atoms with Gasteiger partial charge in [0.2, 0.25) is 5.91 Å². The van der Waals surface area contributed by atoms with E-state index in [1.165, 1.54) is 10.8 Å². The maximum atomic E-state index is 12.4. The van der Waals surface area contributed by atoms with Crippen molar-refractivity contribution >= 4 is 16.7 Å². The SMILES string of the molecule is O=C(Cc1ccc2ccccc2c1)N1CCCNCC1. The van der Waals surface area contributed by atoms with E-state index in [1.807, 2.05) is 17.0 Å². The van der Waals surface area contributed by atoms with Crippen LogP contribution >= 0.6 is 0 Å². The zero-order valence-corrected chi connectivity index (χ0v) is 11.6. The predicted octanol–water partition coefficient (Wildman–Crippen LogP) is 2.20. The first-order chi connectivity index (χ1) is 9.83. The van der Waals surface area contributed by atoms with Gasteiger partial charge in [0, 0.05) is 19.6 Å². The number of hydrogen-bond acceptors (Lipinski definition) is 2. The molecule has 0 aliphatic carbocycles.